The van der Waals surface area contributed by atoms with Gasteiger partial charge in [0.1, 0.15) is 0 Å². The summed E-state index contributed by atoms with van der Waals surface area (Å²) < 4.78 is 5.38. The summed E-state index contributed by atoms with van der Waals surface area (Å²) in [5, 5.41) is 2.57. The fourth-order valence-electron chi connectivity index (χ4n) is 3.03. The molecule has 1 aromatic carbocycles. The van der Waals surface area contributed by atoms with Crippen LogP contribution >= 0.6 is 22.9 Å². The second-order valence-corrected chi connectivity index (χ2v) is 7.82. The van der Waals surface area contributed by atoms with Gasteiger partial charge in [0.05, 0.1) is 12.0 Å². The highest BCUT2D eigenvalue weighted by atomic mass is 35.5. The summed E-state index contributed by atoms with van der Waals surface area (Å²) in [5.74, 6) is -0.541. The lowest BCUT2D eigenvalue weighted by Gasteiger charge is -2.39. The molecule has 2 aromatic rings. The van der Waals surface area contributed by atoms with Gasteiger partial charge in [-0.1, -0.05) is 36.2 Å². The van der Waals surface area contributed by atoms with E-state index in [2.05, 4.69) is 0 Å². The van der Waals surface area contributed by atoms with E-state index in [1.54, 1.807) is 29.4 Å². The fourth-order valence-corrected chi connectivity index (χ4v) is 3.97. The molecule has 1 saturated carbocycles. The number of ether oxygens (including phenoxy) is 1. The number of likely N-dealkylation sites (N-methyl/N-ethyl adjacent to an activating group) is 1. The van der Waals surface area contributed by atoms with E-state index in [9.17, 15) is 9.59 Å². The van der Waals surface area contributed by atoms with Crippen molar-refractivity contribution in [2.24, 2.45) is 0 Å². The van der Waals surface area contributed by atoms with Crippen LogP contribution < -0.4 is 0 Å². The molecule has 3 rings (SSSR count). The highest BCUT2D eigenvalue weighted by Gasteiger charge is 2.47. The Morgan fingerprint density at radius 3 is 2.68 bits per heavy atom. The molecule has 1 aromatic heterocycles. The van der Waals surface area contributed by atoms with Crippen molar-refractivity contribution >= 4 is 34.8 Å². The predicted octanol–water partition coefficient (Wildman–Crippen LogP) is 4.03. The van der Waals surface area contributed by atoms with Crippen molar-refractivity contribution in [2.45, 2.75) is 31.2 Å². The van der Waals surface area contributed by atoms with Crippen LogP contribution in [0.2, 0.25) is 5.02 Å². The Kier molecular flexibility index (Phi) is 5.45. The van der Waals surface area contributed by atoms with E-state index in [4.69, 9.17) is 16.3 Å². The van der Waals surface area contributed by atoms with Gasteiger partial charge in [0.25, 0.3) is 5.91 Å². The third-order valence-electron chi connectivity index (χ3n) is 4.70. The number of esters is 1. The van der Waals surface area contributed by atoms with Crippen LogP contribution in [0.5, 0.6) is 0 Å². The van der Waals surface area contributed by atoms with Crippen molar-refractivity contribution in [1.29, 1.82) is 0 Å². The number of thiophene rings is 1. The van der Waals surface area contributed by atoms with E-state index in [1.165, 1.54) is 0 Å². The zero-order valence-corrected chi connectivity index (χ0v) is 15.6. The average molecular weight is 378 g/mol. The largest absolute Gasteiger partial charge is 0.455 e. The fraction of sp³-hybridized carbons (Fsp3) is 0.368. The van der Waals surface area contributed by atoms with E-state index in [0.717, 1.165) is 29.7 Å². The van der Waals surface area contributed by atoms with E-state index in [0.29, 0.717) is 11.6 Å². The molecule has 0 N–H and O–H groups in total. The molecule has 1 amide bonds. The second-order valence-electron chi connectivity index (χ2n) is 6.35. The normalized spacial score (nSPS) is 15.3. The third-order valence-corrected chi connectivity index (χ3v) is 5.80. The SMILES string of the molecule is CN(Cc1cccs1)C(=O)COC(=O)C1(c2cccc(Cl)c2)CCC1. The molecule has 1 aliphatic rings. The Balaban J connectivity index is 1.60. The number of benzene rings is 1. The molecule has 0 atom stereocenters. The maximum atomic E-state index is 12.7. The van der Waals surface area contributed by atoms with Crippen LogP contribution in [-0.4, -0.2) is 30.4 Å². The van der Waals surface area contributed by atoms with Gasteiger partial charge in [-0.25, -0.2) is 0 Å². The first-order valence-electron chi connectivity index (χ1n) is 8.21. The standard InChI is InChI=1S/C19H20ClNO3S/c1-21(12-16-7-3-10-25-16)17(22)13-24-18(23)19(8-4-9-19)14-5-2-6-15(20)11-14/h2-3,5-7,10-11H,4,8-9,12-13H2,1H3. The van der Waals surface area contributed by atoms with Gasteiger partial charge >= 0.3 is 5.97 Å². The molecule has 0 saturated heterocycles. The number of amides is 1. The molecular formula is C19H20ClNO3S. The molecule has 0 unspecified atom stereocenters. The Bertz CT molecular complexity index is 756. The smallest absolute Gasteiger partial charge is 0.317 e. The van der Waals surface area contributed by atoms with E-state index >= 15 is 0 Å². The molecule has 1 fully saturated rings. The number of rotatable bonds is 6. The zero-order valence-electron chi connectivity index (χ0n) is 14.0. The van der Waals surface area contributed by atoms with Crippen LogP contribution in [0.15, 0.2) is 41.8 Å². The number of hydrogen-bond acceptors (Lipinski definition) is 4. The minimum Gasteiger partial charge on any atom is -0.455 e. The Labute approximate surface area is 156 Å². The molecule has 1 heterocycles. The van der Waals surface area contributed by atoms with Crippen molar-refractivity contribution < 1.29 is 14.3 Å². The number of carbonyl (C=O) groups excluding carboxylic acids is 2. The monoisotopic (exact) mass is 377 g/mol. The average Bonchev–Trinajstić information content (AvgIpc) is 3.04. The molecular weight excluding hydrogens is 358 g/mol. The van der Waals surface area contributed by atoms with Gasteiger partial charge in [-0.05, 0) is 42.0 Å². The van der Waals surface area contributed by atoms with Crippen molar-refractivity contribution in [2.75, 3.05) is 13.7 Å². The van der Waals surface area contributed by atoms with Gasteiger partial charge < -0.3 is 9.64 Å². The Morgan fingerprint density at radius 2 is 2.08 bits per heavy atom. The summed E-state index contributed by atoms with van der Waals surface area (Å²) in [5.41, 5.74) is 0.216. The lowest BCUT2D eigenvalue weighted by molar-refractivity contribution is -0.160. The minimum absolute atomic E-state index is 0.206. The summed E-state index contributed by atoms with van der Waals surface area (Å²) in [6.07, 6.45) is 2.42. The predicted molar refractivity (Wildman–Crippen MR) is 98.7 cm³/mol. The molecule has 6 heteroatoms. The van der Waals surface area contributed by atoms with Crippen LogP contribution in [0.3, 0.4) is 0 Å². The first-order valence-corrected chi connectivity index (χ1v) is 9.47. The summed E-state index contributed by atoms with van der Waals surface area (Å²) in [6, 6.07) is 11.3. The van der Waals surface area contributed by atoms with Crippen molar-refractivity contribution in [3.63, 3.8) is 0 Å². The van der Waals surface area contributed by atoms with E-state index in [1.807, 2.05) is 35.7 Å². The third kappa shape index (κ3) is 3.88. The van der Waals surface area contributed by atoms with Crippen LogP contribution in [0, 0.1) is 0 Å². The Hall–Kier alpha value is -1.85. The number of hydrogen-bond donors (Lipinski definition) is 0. The quantitative estimate of drug-likeness (QED) is 0.714. The molecule has 4 nitrogen and oxygen atoms in total. The Morgan fingerprint density at radius 1 is 1.28 bits per heavy atom. The van der Waals surface area contributed by atoms with Gasteiger partial charge in [0.15, 0.2) is 6.61 Å². The first-order chi connectivity index (χ1) is 12.0. The first kappa shape index (κ1) is 18.0. The zero-order chi connectivity index (χ0) is 17.9. The highest BCUT2D eigenvalue weighted by Crippen LogP contribution is 2.45. The molecule has 132 valence electrons. The van der Waals surface area contributed by atoms with Gasteiger partial charge in [-0.3, -0.25) is 9.59 Å². The summed E-state index contributed by atoms with van der Waals surface area (Å²) in [6.45, 7) is 0.288. The molecule has 0 bridgehead atoms. The maximum absolute atomic E-state index is 12.7. The van der Waals surface area contributed by atoms with Crippen molar-refractivity contribution in [3.8, 4) is 0 Å². The molecule has 0 radical (unpaired) electrons. The topological polar surface area (TPSA) is 46.6 Å². The maximum Gasteiger partial charge on any atom is 0.317 e. The van der Waals surface area contributed by atoms with Gasteiger partial charge in [-0.2, -0.15) is 0 Å². The molecule has 0 aliphatic heterocycles. The highest BCUT2D eigenvalue weighted by molar-refractivity contribution is 7.09. The molecule has 0 spiro atoms. The van der Waals surface area contributed by atoms with Gasteiger partial charge in [0, 0.05) is 16.9 Å². The number of carbonyl (C=O) groups is 2. The lowest BCUT2D eigenvalue weighted by Crippen LogP contribution is -2.45. The number of halogens is 1. The van der Waals surface area contributed by atoms with Crippen LogP contribution in [0.25, 0.3) is 0 Å². The van der Waals surface area contributed by atoms with Crippen LogP contribution in [0.1, 0.15) is 29.7 Å². The van der Waals surface area contributed by atoms with E-state index in [-0.39, 0.29) is 18.5 Å². The summed E-state index contributed by atoms with van der Waals surface area (Å²) in [4.78, 5) is 27.6. The van der Waals surface area contributed by atoms with Crippen molar-refractivity contribution in [3.05, 3.63) is 57.2 Å². The summed E-state index contributed by atoms with van der Waals surface area (Å²) in [7, 11) is 1.71. The van der Waals surface area contributed by atoms with Crippen molar-refractivity contribution in [1.82, 2.24) is 4.90 Å². The summed E-state index contributed by atoms with van der Waals surface area (Å²) >= 11 is 7.66. The van der Waals surface area contributed by atoms with Crippen LogP contribution in [-0.2, 0) is 26.3 Å². The minimum atomic E-state index is -0.655. The van der Waals surface area contributed by atoms with Gasteiger partial charge in [-0.15, -0.1) is 11.3 Å². The molecule has 1 aliphatic carbocycles. The second kappa shape index (κ2) is 7.58. The van der Waals surface area contributed by atoms with Crippen LogP contribution in [0.4, 0.5) is 0 Å². The lowest BCUT2D eigenvalue weighted by atomic mass is 9.64. The molecule has 25 heavy (non-hydrogen) atoms. The number of nitrogens with zero attached hydrogens (tertiary/aromatic N) is 1. The van der Waals surface area contributed by atoms with Gasteiger partial charge in [0.2, 0.25) is 0 Å². The van der Waals surface area contributed by atoms with E-state index < -0.39 is 5.41 Å².